The fourth-order valence-electron chi connectivity index (χ4n) is 4.49. The molecule has 14 heteroatoms. The predicted octanol–water partition coefficient (Wildman–Crippen LogP) is 3.93. The molecule has 1 saturated heterocycles. The molecule has 4 aromatic rings. The minimum absolute atomic E-state index is 0.0274. The van der Waals surface area contributed by atoms with Crippen molar-refractivity contribution in [3.63, 3.8) is 0 Å². The Morgan fingerprint density at radius 3 is 2.29 bits per heavy atom. The number of halogens is 6. The Labute approximate surface area is 226 Å². The number of nitrogens with zero attached hydrogens (tertiary/aromatic N) is 3. The number of aromatic nitrogens is 2. The molecule has 41 heavy (non-hydrogen) atoms. The number of rotatable bonds is 5. The van der Waals surface area contributed by atoms with E-state index in [0.29, 0.717) is 6.07 Å². The normalized spacial score (nSPS) is 16.3. The van der Waals surface area contributed by atoms with Crippen molar-refractivity contribution in [2.45, 2.75) is 24.7 Å². The summed E-state index contributed by atoms with van der Waals surface area (Å²) >= 11 is 0. The molecule has 2 atom stereocenters. The average molecular weight is 576 g/mol. The number of aliphatic hydroxyl groups excluding tert-OH is 1. The molecule has 2 aromatic heterocycles. The van der Waals surface area contributed by atoms with Crippen LogP contribution in [0.3, 0.4) is 0 Å². The highest BCUT2D eigenvalue weighted by molar-refractivity contribution is 5.99. The number of pyridine rings is 2. The van der Waals surface area contributed by atoms with Gasteiger partial charge >= 0.3 is 6.18 Å². The van der Waals surface area contributed by atoms with E-state index in [2.05, 4.69) is 4.98 Å². The summed E-state index contributed by atoms with van der Waals surface area (Å²) in [6.07, 6.45) is -5.46. The molecule has 0 aliphatic carbocycles. The van der Waals surface area contributed by atoms with Gasteiger partial charge in [0.05, 0.1) is 30.1 Å². The summed E-state index contributed by atoms with van der Waals surface area (Å²) in [5, 5.41) is 11.2. The molecule has 1 aliphatic heterocycles. The largest absolute Gasteiger partial charge is 0.412 e. The molecule has 3 heterocycles. The van der Waals surface area contributed by atoms with Crippen LogP contribution < -0.4 is 15.6 Å². The van der Waals surface area contributed by atoms with Crippen molar-refractivity contribution < 1.29 is 41.0 Å². The van der Waals surface area contributed by atoms with Crippen molar-refractivity contribution in [3.8, 4) is 5.69 Å². The molecule has 1 unspecified atom stereocenters. The minimum Gasteiger partial charge on any atom is -0.391 e. The summed E-state index contributed by atoms with van der Waals surface area (Å²) in [6.45, 7) is -0.116. The number of hydrogen-bond donors (Lipinski definition) is 2. The van der Waals surface area contributed by atoms with Gasteiger partial charge in [0.25, 0.3) is 5.91 Å². The second-order valence-electron chi connectivity index (χ2n) is 9.24. The Bertz CT molecular complexity index is 1740. The number of carbonyl (C=O) groups excluding carboxylic acids is 2. The van der Waals surface area contributed by atoms with E-state index in [1.165, 1.54) is 6.07 Å². The third-order valence-corrected chi connectivity index (χ3v) is 6.44. The first kappa shape index (κ1) is 27.8. The van der Waals surface area contributed by atoms with E-state index in [1.807, 2.05) is 0 Å². The Balaban J connectivity index is 1.66. The number of amides is 2. The van der Waals surface area contributed by atoms with E-state index in [9.17, 15) is 45.8 Å². The Hall–Kier alpha value is -4.72. The van der Waals surface area contributed by atoms with Crippen LogP contribution in [0, 0.1) is 17.5 Å². The van der Waals surface area contributed by atoms with Crippen molar-refractivity contribution >= 4 is 28.7 Å². The molecular weight excluding hydrogens is 558 g/mol. The van der Waals surface area contributed by atoms with Crippen molar-refractivity contribution in [1.29, 1.82) is 0 Å². The Morgan fingerprint density at radius 1 is 1.00 bits per heavy atom. The van der Waals surface area contributed by atoms with Crippen LogP contribution in [0.5, 0.6) is 0 Å². The zero-order chi connectivity index (χ0) is 29.6. The number of carbonyl (C=O) groups is 2. The summed E-state index contributed by atoms with van der Waals surface area (Å²) in [6, 6.07) is 5.28. The molecule has 2 N–H and O–H groups in total. The van der Waals surface area contributed by atoms with Gasteiger partial charge in [-0.25, -0.2) is 18.2 Å². The van der Waals surface area contributed by atoms with E-state index in [1.54, 1.807) is 5.32 Å². The van der Waals surface area contributed by atoms with Gasteiger partial charge in [0.1, 0.15) is 28.8 Å². The maximum atomic E-state index is 14.9. The van der Waals surface area contributed by atoms with Crippen LogP contribution >= 0.6 is 0 Å². The van der Waals surface area contributed by atoms with Crippen LogP contribution in [-0.2, 0) is 4.79 Å². The minimum atomic E-state index is -5.05. The number of anilines is 1. The maximum absolute atomic E-state index is 14.9. The van der Waals surface area contributed by atoms with Crippen LogP contribution in [0.4, 0.5) is 32.2 Å². The number of alkyl halides is 3. The van der Waals surface area contributed by atoms with Gasteiger partial charge in [-0.2, -0.15) is 13.2 Å². The van der Waals surface area contributed by atoms with Crippen LogP contribution in [0.2, 0.25) is 0 Å². The summed E-state index contributed by atoms with van der Waals surface area (Å²) < 4.78 is 84.4. The monoisotopic (exact) mass is 576 g/mol. The van der Waals surface area contributed by atoms with Crippen LogP contribution in [0.25, 0.3) is 16.7 Å². The highest BCUT2D eigenvalue weighted by Gasteiger charge is 2.42. The van der Waals surface area contributed by atoms with E-state index >= 15 is 0 Å². The van der Waals surface area contributed by atoms with Gasteiger partial charge in [0, 0.05) is 12.3 Å². The lowest BCUT2D eigenvalue weighted by Gasteiger charge is -2.22. The van der Waals surface area contributed by atoms with Crippen LogP contribution in [0.1, 0.15) is 28.4 Å². The van der Waals surface area contributed by atoms with Gasteiger partial charge < -0.3 is 10.4 Å². The standard InChI is InChI=1S/C27H18F6N4O4/c28-14-3-1-13(2-4-14)24(27(31,32)33)35-26(41)18-12-36(20-7-5-15(29)9-19(20)30)25-17(23(18)40)6-8-21(34-25)37-11-16(38)10-22(37)39/h1-9,12,16,24,38H,10-11H2,(H,35,41)/t16-,24?/m0/s1. The quantitative estimate of drug-likeness (QED) is 0.351. The van der Waals surface area contributed by atoms with Gasteiger partial charge in [-0.15, -0.1) is 0 Å². The first-order valence-corrected chi connectivity index (χ1v) is 12.0. The molecule has 0 radical (unpaired) electrons. The molecule has 0 saturated carbocycles. The van der Waals surface area contributed by atoms with Crippen molar-refractivity contribution in [3.05, 3.63) is 99.6 Å². The molecule has 2 amide bonds. The zero-order valence-corrected chi connectivity index (χ0v) is 20.6. The van der Waals surface area contributed by atoms with E-state index < -0.39 is 69.8 Å². The lowest BCUT2D eigenvalue weighted by atomic mass is 10.1. The average Bonchev–Trinajstić information content (AvgIpc) is 3.25. The van der Waals surface area contributed by atoms with Gasteiger partial charge in [0.2, 0.25) is 11.3 Å². The molecule has 5 rings (SSSR count). The number of hydrogen-bond acceptors (Lipinski definition) is 5. The summed E-state index contributed by atoms with van der Waals surface area (Å²) in [7, 11) is 0. The third kappa shape index (κ3) is 5.37. The fourth-order valence-corrected chi connectivity index (χ4v) is 4.49. The molecule has 0 bridgehead atoms. The second kappa shape index (κ2) is 10.4. The number of fused-ring (bicyclic) bond motifs is 1. The van der Waals surface area contributed by atoms with Gasteiger partial charge in [-0.3, -0.25) is 23.9 Å². The highest BCUT2D eigenvalue weighted by atomic mass is 19.4. The smallest absolute Gasteiger partial charge is 0.391 e. The summed E-state index contributed by atoms with van der Waals surface area (Å²) in [5.41, 5.74) is -3.12. The maximum Gasteiger partial charge on any atom is 0.412 e. The molecule has 1 aliphatic rings. The molecular formula is C27H18F6N4O4. The summed E-state index contributed by atoms with van der Waals surface area (Å²) in [5.74, 6) is -4.91. The number of nitrogens with one attached hydrogen (secondary N) is 1. The topological polar surface area (TPSA) is 105 Å². The van der Waals surface area contributed by atoms with Crippen LogP contribution in [0.15, 0.2) is 65.6 Å². The van der Waals surface area contributed by atoms with E-state index in [0.717, 1.165) is 58.1 Å². The molecule has 2 aromatic carbocycles. The lowest BCUT2D eigenvalue weighted by molar-refractivity contribution is -0.155. The molecule has 8 nitrogen and oxygen atoms in total. The fraction of sp³-hybridized carbons (Fsp3) is 0.185. The molecule has 1 fully saturated rings. The second-order valence-corrected chi connectivity index (χ2v) is 9.24. The van der Waals surface area contributed by atoms with Crippen molar-refractivity contribution in [2.24, 2.45) is 0 Å². The lowest BCUT2D eigenvalue weighted by Crippen LogP contribution is -2.40. The van der Waals surface area contributed by atoms with Crippen molar-refractivity contribution in [2.75, 3.05) is 11.4 Å². The van der Waals surface area contributed by atoms with Gasteiger partial charge in [-0.1, -0.05) is 12.1 Å². The third-order valence-electron chi connectivity index (χ3n) is 6.44. The van der Waals surface area contributed by atoms with Crippen molar-refractivity contribution in [1.82, 2.24) is 14.9 Å². The predicted molar refractivity (Wildman–Crippen MR) is 133 cm³/mol. The SMILES string of the molecule is O=C(NC(c1ccc(F)cc1)C(F)(F)F)c1cn(-c2ccc(F)cc2F)c2nc(N3C[C@@H](O)CC3=O)ccc2c1=O. The Morgan fingerprint density at radius 2 is 1.68 bits per heavy atom. The Kier molecular flexibility index (Phi) is 7.03. The molecule has 0 spiro atoms. The highest BCUT2D eigenvalue weighted by Crippen LogP contribution is 2.33. The first-order valence-electron chi connectivity index (χ1n) is 12.0. The molecule has 212 valence electrons. The van der Waals surface area contributed by atoms with Gasteiger partial charge in [0.15, 0.2) is 11.7 Å². The van der Waals surface area contributed by atoms with E-state index in [4.69, 9.17) is 0 Å². The van der Waals surface area contributed by atoms with Gasteiger partial charge in [-0.05, 0) is 42.0 Å². The first-order chi connectivity index (χ1) is 19.3. The van der Waals surface area contributed by atoms with E-state index in [-0.39, 0.29) is 29.8 Å². The number of aliphatic hydroxyl groups is 1. The number of β-amino-alcohol motifs (C(OH)–C–C–N with tert-alkyl or cyclic N) is 1. The number of benzene rings is 2. The zero-order valence-electron chi connectivity index (χ0n) is 20.6. The summed E-state index contributed by atoms with van der Waals surface area (Å²) in [4.78, 5) is 44.1. The van der Waals surface area contributed by atoms with Crippen LogP contribution in [-0.4, -0.2) is 45.3 Å².